The summed E-state index contributed by atoms with van der Waals surface area (Å²) in [5.74, 6) is -1.88. The van der Waals surface area contributed by atoms with E-state index >= 15 is 0 Å². The molecule has 0 spiro atoms. The van der Waals surface area contributed by atoms with Crippen LogP contribution in [-0.4, -0.2) is 42.4 Å². The standard InChI is InChI=1S/C28H34F3NO6S/c1-6-36-23(33)27(24(34)37-7-2,32-25(35)38-26(3,4)5)17-9-10-19-13-15-21(16-14-19)39-22-12-8-11-20(18-22)28(29,30)31/h8,11-16,18H,6-7,9-10,17H2,1-5H3,(H,32,35). The van der Waals surface area contributed by atoms with Crippen molar-refractivity contribution < 1.29 is 41.8 Å². The fourth-order valence-corrected chi connectivity index (χ4v) is 4.47. The molecule has 1 amide bonds. The van der Waals surface area contributed by atoms with E-state index in [0.717, 1.165) is 22.6 Å². The molecule has 0 aliphatic heterocycles. The first-order chi connectivity index (χ1) is 18.2. The van der Waals surface area contributed by atoms with Crippen molar-refractivity contribution in [2.24, 2.45) is 0 Å². The molecule has 214 valence electrons. The van der Waals surface area contributed by atoms with E-state index < -0.39 is 40.9 Å². The predicted octanol–water partition coefficient (Wildman–Crippen LogP) is 6.57. The average Bonchev–Trinajstić information content (AvgIpc) is 2.83. The molecule has 0 unspecified atom stereocenters. The number of nitrogens with one attached hydrogen (secondary N) is 1. The van der Waals surface area contributed by atoms with Crippen molar-refractivity contribution in [2.45, 2.75) is 81.0 Å². The van der Waals surface area contributed by atoms with E-state index in [1.165, 1.54) is 17.8 Å². The van der Waals surface area contributed by atoms with E-state index in [1.807, 2.05) is 12.1 Å². The number of hydrogen-bond donors (Lipinski definition) is 1. The van der Waals surface area contributed by atoms with Crippen LogP contribution in [0.1, 0.15) is 58.6 Å². The number of carbonyl (C=O) groups excluding carboxylic acids is 3. The quantitative estimate of drug-likeness (QED) is 0.186. The maximum Gasteiger partial charge on any atom is 0.416 e. The van der Waals surface area contributed by atoms with Gasteiger partial charge in [-0.15, -0.1) is 0 Å². The lowest BCUT2D eigenvalue weighted by Crippen LogP contribution is -2.62. The van der Waals surface area contributed by atoms with Crippen LogP contribution in [0, 0.1) is 0 Å². The second-order valence-electron chi connectivity index (χ2n) is 9.60. The average molecular weight is 570 g/mol. The van der Waals surface area contributed by atoms with Gasteiger partial charge in [-0.2, -0.15) is 13.2 Å². The van der Waals surface area contributed by atoms with E-state index in [4.69, 9.17) is 14.2 Å². The summed E-state index contributed by atoms with van der Waals surface area (Å²) >= 11 is 1.20. The van der Waals surface area contributed by atoms with Crippen molar-refractivity contribution in [3.05, 3.63) is 59.7 Å². The van der Waals surface area contributed by atoms with Crippen LogP contribution in [0.25, 0.3) is 0 Å². The maximum atomic E-state index is 13.0. The van der Waals surface area contributed by atoms with Gasteiger partial charge in [0.2, 0.25) is 5.54 Å². The zero-order valence-electron chi connectivity index (χ0n) is 22.6. The van der Waals surface area contributed by atoms with Gasteiger partial charge in [0, 0.05) is 9.79 Å². The molecule has 0 aliphatic rings. The summed E-state index contributed by atoms with van der Waals surface area (Å²) in [5.41, 5.74) is -2.81. The smallest absolute Gasteiger partial charge is 0.416 e. The Morgan fingerprint density at radius 2 is 1.46 bits per heavy atom. The fourth-order valence-electron chi connectivity index (χ4n) is 3.59. The minimum Gasteiger partial charge on any atom is -0.464 e. The second-order valence-corrected chi connectivity index (χ2v) is 10.7. The molecule has 2 rings (SSSR count). The molecule has 0 saturated carbocycles. The van der Waals surface area contributed by atoms with E-state index in [9.17, 15) is 27.6 Å². The third-order valence-electron chi connectivity index (χ3n) is 5.30. The molecule has 0 aromatic heterocycles. The van der Waals surface area contributed by atoms with Crippen molar-refractivity contribution in [1.82, 2.24) is 5.32 Å². The van der Waals surface area contributed by atoms with Crippen LogP contribution < -0.4 is 5.32 Å². The number of aryl methyl sites for hydroxylation is 1. The van der Waals surface area contributed by atoms with E-state index in [-0.39, 0.29) is 19.6 Å². The Morgan fingerprint density at radius 1 is 0.872 bits per heavy atom. The lowest BCUT2D eigenvalue weighted by atomic mass is 9.91. The molecule has 0 bridgehead atoms. The molecular formula is C28H34F3NO6S. The highest BCUT2D eigenvalue weighted by Gasteiger charge is 2.50. The van der Waals surface area contributed by atoms with Crippen molar-refractivity contribution >= 4 is 29.8 Å². The molecule has 0 radical (unpaired) electrons. The number of carbonyl (C=O) groups is 3. The van der Waals surface area contributed by atoms with Crippen LogP contribution >= 0.6 is 11.8 Å². The van der Waals surface area contributed by atoms with Crippen molar-refractivity contribution in [3.8, 4) is 0 Å². The number of halogens is 3. The molecule has 0 saturated heterocycles. The van der Waals surface area contributed by atoms with Crippen LogP contribution in [0.5, 0.6) is 0 Å². The minimum atomic E-state index is -4.42. The van der Waals surface area contributed by atoms with Gasteiger partial charge in [-0.25, -0.2) is 14.4 Å². The summed E-state index contributed by atoms with van der Waals surface area (Å²) < 4.78 is 54.5. The Bertz CT molecular complexity index is 1110. The monoisotopic (exact) mass is 569 g/mol. The summed E-state index contributed by atoms with van der Waals surface area (Å²) in [6.07, 6.45) is -4.75. The number of alkyl carbamates (subject to hydrolysis) is 1. The van der Waals surface area contributed by atoms with Crippen molar-refractivity contribution in [2.75, 3.05) is 13.2 Å². The van der Waals surface area contributed by atoms with Crippen LogP contribution in [0.2, 0.25) is 0 Å². The Hall–Kier alpha value is -3.21. The van der Waals surface area contributed by atoms with Gasteiger partial charge in [-0.05, 0) is 89.8 Å². The summed E-state index contributed by atoms with van der Waals surface area (Å²) in [7, 11) is 0. The molecule has 2 aromatic carbocycles. The van der Waals surface area contributed by atoms with E-state index in [0.29, 0.717) is 17.7 Å². The number of hydrogen-bond acceptors (Lipinski definition) is 7. The normalized spacial score (nSPS) is 12.0. The summed E-state index contributed by atoms with van der Waals surface area (Å²) in [5, 5.41) is 2.40. The SMILES string of the molecule is CCOC(=O)C(CCCc1ccc(Sc2cccc(C(F)(F)F)c2)cc1)(NC(=O)OC(C)(C)C)C(=O)OCC. The molecule has 11 heteroatoms. The number of benzene rings is 2. The number of esters is 2. The van der Waals surface area contributed by atoms with Crippen LogP contribution in [0.4, 0.5) is 18.0 Å². The highest BCUT2D eigenvalue weighted by molar-refractivity contribution is 7.99. The minimum absolute atomic E-state index is 0.0129. The maximum absolute atomic E-state index is 13.0. The number of rotatable bonds is 11. The van der Waals surface area contributed by atoms with Gasteiger partial charge in [0.1, 0.15) is 5.60 Å². The number of amides is 1. The lowest BCUT2D eigenvalue weighted by Gasteiger charge is -2.31. The molecule has 7 nitrogen and oxygen atoms in total. The number of ether oxygens (including phenoxy) is 3. The fraction of sp³-hybridized carbons (Fsp3) is 0.464. The zero-order chi connectivity index (χ0) is 29.3. The molecule has 0 fully saturated rings. The van der Waals surface area contributed by atoms with Crippen molar-refractivity contribution in [3.63, 3.8) is 0 Å². The van der Waals surface area contributed by atoms with Gasteiger partial charge in [0.25, 0.3) is 0 Å². The third kappa shape index (κ3) is 9.80. The van der Waals surface area contributed by atoms with Gasteiger partial charge in [0.05, 0.1) is 18.8 Å². The Morgan fingerprint density at radius 3 is 1.97 bits per heavy atom. The molecule has 0 atom stereocenters. The van der Waals surface area contributed by atoms with Gasteiger partial charge in [-0.3, -0.25) is 5.32 Å². The van der Waals surface area contributed by atoms with E-state index in [1.54, 1.807) is 52.8 Å². The topological polar surface area (TPSA) is 90.9 Å². The highest BCUT2D eigenvalue weighted by atomic mass is 32.2. The van der Waals surface area contributed by atoms with Gasteiger partial charge >= 0.3 is 24.2 Å². The molecular weight excluding hydrogens is 535 g/mol. The first-order valence-electron chi connectivity index (χ1n) is 12.5. The number of alkyl halides is 3. The highest BCUT2D eigenvalue weighted by Crippen LogP contribution is 2.34. The van der Waals surface area contributed by atoms with E-state index in [2.05, 4.69) is 5.32 Å². The predicted molar refractivity (Wildman–Crippen MR) is 140 cm³/mol. The van der Waals surface area contributed by atoms with Crippen molar-refractivity contribution in [1.29, 1.82) is 0 Å². The largest absolute Gasteiger partial charge is 0.464 e. The van der Waals surface area contributed by atoms with Crippen LogP contribution in [0.15, 0.2) is 58.3 Å². The Kier molecular flexibility index (Phi) is 11.3. The third-order valence-corrected chi connectivity index (χ3v) is 6.30. The second kappa shape index (κ2) is 13.7. The Labute approximate surface area is 230 Å². The molecule has 39 heavy (non-hydrogen) atoms. The molecule has 1 N–H and O–H groups in total. The van der Waals surface area contributed by atoms with Crippen LogP contribution in [-0.2, 0) is 36.4 Å². The summed E-state index contributed by atoms with van der Waals surface area (Å²) in [4.78, 5) is 39.7. The summed E-state index contributed by atoms with van der Waals surface area (Å²) in [6.45, 7) is 8.09. The zero-order valence-corrected chi connectivity index (χ0v) is 23.5. The Balaban J connectivity index is 2.16. The van der Waals surface area contributed by atoms with Gasteiger partial charge in [0.15, 0.2) is 0 Å². The van der Waals surface area contributed by atoms with Gasteiger partial charge in [-0.1, -0.05) is 30.0 Å². The molecule has 0 heterocycles. The first-order valence-corrected chi connectivity index (χ1v) is 13.3. The van der Waals surface area contributed by atoms with Crippen LogP contribution in [0.3, 0.4) is 0 Å². The molecule has 2 aromatic rings. The summed E-state index contributed by atoms with van der Waals surface area (Å²) in [6, 6.07) is 12.3. The lowest BCUT2D eigenvalue weighted by molar-refractivity contribution is -0.166. The van der Waals surface area contributed by atoms with Gasteiger partial charge < -0.3 is 14.2 Å². The molecule has 0 aliphatic carbocycles. The first kappa shape index (κ1) is 32.0.